The lowest BCUT2D eigenvalue weighted by atomic mass is 10.3. The fourth-order valence-electron chi connectivity index (χ4n) is 0.870. The lowest BCUT2D eigenvalue weighted by Crippen LogP contribution is -2.22. The van der Waals surface area contributed by atoms with Gasteiger partial charge in [0.05, 0.1) is 39.1 Å². The van der Waals surface area contributed by atoms with Crippen molar-refractivity contribution in [3.05, 3.63) is 6.92 Å². The van der Waals surface area contributed by atoms with Crippen molar-refractivity contribution in [3.8, 4) is 0 Å². The van der Waals surface area contributed by atoms with Crippen LogP contribution in [0.3, 0.4) is 0 Å². The molecule has 0 spiro atoms. The summed E-state index contributed by atoms with van der Waals surface area (Å²) in [7, 11) is 3.30. The Labute approximate surface area is 86.5 Å². The summed E-state index contributed by atoms with van der Waals surface area (Å²) in [6, 6.07) is 0. The second-order valence-corrected chi connectivity index (χ2v) is 2.84. The van der Waals surface area contributed by atoms with E-state index in [0.717, 1.165) is 0 Å². The van der Waals surface area contributed by atoms with Crippen molar-refractivity contribution >= 4 is 0 Å². The summed E-state index contributed by atoms with van der Waals surface area (Å²) >= 11 is 0. The van der Waals surface area contributed by atoms with Crippen LogP contribution < -0.4 is 0 Å². The molecule has 0 aromatic heterocycles. The molecule has 0 amide bonds. The Balaban J connectivity index is 3.28. The molecule has 0 heterocycles. The average Bonchev–Trinajstić information content (AvgIpc) is 2.22. The summed E-state index contributed by atoms with van der Waals surface area (Å²) < 4.78 is 20.5. The van der Waals surface area contributed by atoms with E-state index in [-0.39, 0.29) is 6.10 Å². The highest BCUT2D eigenvalue weighted by Crippen LogP contribution is 1.98. The van der Waals surface area contributed by atoms with Gasteiger partial charge >= 0.3 is 0 Å². The van der Waals surface area contributed by atoms with Gasteiger partial charge in [-0.3, -0.25) is 0 Å². The van der Waals surface area contributed by atoms with Crippen LogP contribution in [-0.2, 0) is 18.9 Å². The van der Waals surface area contributed by atoms with Crippen LogP contribution in [0.5, 0.6) is 0 Å². The first-order chi connectivity index (χ1) is 6.85. The van der Waals surface area contributed by atoms with Gasteiger partial charge in [0.2, 0.25) is 0 Å². The average molecular weight is 205 g/mol. The third kappa shape index (κ3) is 8.44. The van der Waals surface area contributed by atoms with E-state index >= 15 is 0 Å². The predicted octanol–water partition coefficient (Wildman–Crippen LogP) is 0.905. The number of ether oxygens (including phenoxy) is 4. The fraction of sp³-hybridized carbons (Fsp3) is 0.900. The molecule has 1 radical (unpaired) electrons. The quantitative estimate of drug-likeness (QED) is 0.497. The minimum atomic E-state index is 0.0574. The number of methoxy groups -OCH3 is 2. The minimum Gasteiger partial charge on any atom is -0.382 e. The van der Waals surface area contributed by atoms with Crippen molar-refractivity contribution in [1.29, 1.82) is 0 Å². The standard InChI is InChI=1S/C10H21O4/c1-4-10(14-8-6-12-3)9-13-7-5-11-2/h10H,1,4-9H2,2-3H3. The Kier molecular flexibility index (Phi) is 10.8. The van der Waals surface area contributed by atoms with Crippen LogP contribution in [0.2, 0.25) is 0 Å². The van der Waals surface area contributed by atoms with Crippen LogP contribution in [0.1, 0.15) is 6.42 Å². The molecule has 0 aliphatic heterocycles. The minimum absolute atomic E-state index is 0.0574. The van der Waals surface area contributed by atoms with Gasteiger partial charge in [-0.05, 0) is 6.42 Å². The Morgan fingerprint density at radius 1 is 1.00 bits per heavy atom. The molecule has 1 atom stereocenters. The summed E-state index contributed by atoms with van der Waals surface area (Å²) in [5, 5.41) is 0. The third-order valence-electron chi connectivity index (χ3n) is 1.70. The highest BCUT2D eigenvalue weighted by atomic mass is 16.6. The molecular weight excluding hydrogens is 184 g/mol. The number of rotatable bonds is 10. The topological polar surface area (TPSA) is 36.9 Å². The second-order valence-electron chi connectivity index (χ2n) is 2.84. The van der Waals surface area contributed by atoms with E-state index < -0.39 is 0 Å². The molecule has 0 aliphatic carbocycles. The van der Waals surface area contributed by atoms with Crippen LogP contribution in [0, 0.1) is 6.92 Å². The molecule has 1 unspecified atom stereocenters. The van der Waals surface area contributed by atoms with Gasteiger partial charge in [0, 0.05) is 14.2 Å². The Hall–Kier alpha value is -0.160. The summed E-state index contributed by atoms with van der Waals surface area (Å²) in [5.74, 6) is 0. The summed E-state index contributed by atoms with van der Waals surface area (Å²) in [6.45, 7) is 6.76. The summed E-state index contributed by atoms with van der Waals surface area (Å²) in [6.07, 6.45) is 0.762. The molecule has 0 aromatic carbocycles. The highest BCUT2D eigenvalue weighted by molar-refractivity contribution is 4.58. The van der Waals surface area contributed by atoms with E-state index in [1.807, 2.05) is 0 Å². The van der Waals surface area contributed by atoms with Crippen LogP contribution in [0.25, 0.3) is 0 Å². The van der Waals surface area contributed by atoms with Gasteiger partial charge in [-0.25, -0.2) is 0 Å². The van der Waals surface area contributed by atoms with E-state index in [1.54, 1.807) is 14.2 Å². The van der Waals surface area contributed by atoms with Gasteiger partial charge in [-0.15, -0.1) is 0 Å². The van der Waals surface area contributed by atoms with Crippen LogP contribution in [-0.4, -0.2) is 53.4 Å². The molecule has 0 saturated heterocycles. The van der Waals surface area contributed by atoms with Gasteiger partial charge in [0.1, 0.15) is 0 Å². The largest absolute Gasteiger partial charge is 0.382 e. The lowest BCUT2D eigenvalue weighted by Gasteiger charge is -2.15. The maximum absolute atomic E-state index is 5.46. The molecule has 14 heavy (non-hydrogen) atoms. The second kappa shape index (κ2) is 10.9. The van der Waals surface area contributed by atoms with E-state index in [9.17, 15) is 0 Å². The Bertz CT molecular complexity index is 108. The van der Waals surface area contributed by atoms with Crippen LogP contribution >= 0.6 is 0 Å². The van der Waals surface area contributed by atoms with Crippen LogP contribution in [0.15, 0.2) is 0 Å². The highest BCUT2D eigenvalue weighted by Gasteiger charge is 2.05. The third-order valence-corrected chi connectivity index (χ3v) is 1.70. The van der Waals surface area contributed by atoms with Gasteiger partial charge in [0.25, 0.3) is 0 Å². The van der Waals surface area contributed by atoms with Gasteiger partial charge in [-0.2, -0.15) is 0 Å². The Morgan fingerprint density at radius 2 is 1.64 bits per heavy atom. The first kappa shape index (κ1) is 13.8. The molecule has 0 aromatic rings. The zero-order valence-electron chi connectivity index (χ0n) is 9.16. The zero-order chi connectivity index (χ0) is 10.6. The monoisotopic (exact) mass is 205 g/mol. The van der Waals surface area contributed by atoms with Crippen molar-refractivity contribution in [3.63, 3.8) is 0 Å². The number of hydrogen-bond donors (Lipinski definition) is 0. The maximum Gasteiger partial charge on any atom is 0.0809 e. The van der Waals surface area contributed by atoms with Crippen molar-refractivity contribution in [2.75, 3.05) is 47.3 Å². The molecule has 0 N–H and O–H groups in total. The molecule has 4 nitrogen and oxygen atoms in total. The van der Waals surface area contributed by atoms with Crippen LogP contribution in [0.4, 0.5) is 0 Å². The van der Waals surface area contributed by atoms with Crippen molar-refractivity contribution in [1.82, 2.24) is 0 Å². The molecule has 85 valence electrons. The SMILES string of the molecule is [CH2]CC(COCCOC)OCCOC. The first-order valence-electron chi connectivity index (χ1n) is 4.81. The fourth-order valence-corrected chi connectivity index (χ4v) is 0.870. The van der Waals surface area contributed by atoms with Crippen molar-refractivity contribution < 1.29 is 18.9 Å². The molecule has 0 aliphatic rings. The van der Waals surface area contributed by atoms with E-state index in [4.69, 9.17) is 18.9 Å². The Morgan fingerprint density at radius 3 is 2.21 bits per heavy atom. The normalized spacial score (nSPS) is 13.1. The first-order valence-corrected chi connectivity index (χ1v) is 4.81. The van der Waals surface area contributed by atoms with E-state index in [2.05, 4.69) is 6.92 Å². The lowest BCUT2D eigenvalue weighted by molar-refractivity contribution is -0.0388. The maximum atomic E-state index is 5.46. The van der Waals surface area contributed by atoms with Crippen molar-refractivity contribution in [2.45, 2.75) is 12.5 Å². The summed E-state index contributed by atoms with van der Waals surface area (Å²) in [4.78, 5) is 0. The smallest absolute Gasteiger partial charge is 0.0809 e. The van der Waals surface area contributed by atoms with Gasteiger partial charge in [-0.1, -0.05) is 6.92 Å². The molecule has 0 saturated carbocycles. The number of hydrogen-bond acceptors (Lipinski definition) is 4. The molecule has 0 rings (SSSR count). The van der Waals surface area contributed by atoms with E-state index in [0.29, 0.717) is 39.5 Å². The predicted molar refractivity (Wildman–Crippen MR) is 54.3 cm³/mol. The van der Waals surface area contributed by atoms with Gasteiger partial charge in [0.15, 0.2) is 0 Å². The molecule has 0 fully saturated rings. The van der Waals surface area contributed by atoms with Gasteiger partial charge < -0.3 is 18.9 Å². The van der Waals surface area contributed by atoms with Crippen molar-refractivity contribution in [2.24, 2.45) is 0 Å². The molecular formula is C10H21O4. The van der Waals surface area contributed by atoms with E-state index in [1.165, 1.54) is 0 Å². The zero-order valence-corrected chi connectivity index (χ0v) is 9.16. The summed E-state index contributed by atoms with van der Waals surface area (Å²) in [5.41, 5.74) is 0. The molecule has 0 bridgehead atoms. The molecule has 4 heteroatoms.